The summed E-state index contributed by atoms with van der Waals surface area (Å²) in [6, 6.07) is 14.9. The first-order valence-electron chi connectivity index (χ1n) is 12.8. The van der Waals surface area contributed by atoms with Gasteiger partial charge in [0.05, 0.1) is 12.1 Å². The molecule has 1 unspecified atom stereocenters. The summed E-state index contributed by atoms with van der Waals surface area (Å²) in [5.41, 5.74) is 7.98. The average Bonchev–Trinajstić information content (AvgIpc) is 3.36. The molecule has 1 aromatic carbocycles. The molecule has 1 aliphatic rings. The van der Waals surface area contributed by atoms with Crippen LogP contribution in [0.1, 0.15) is 28.5 Å². The van der Waals surface area contributed by atoms with Crippen LogP contribution in [0, 0.1) is 13.8 Å². The summed E-state index contributed by atoms with van der Waals surface area (Å²) in [6.45, 7) is 7.66. The lowest BCUT2D eigenvalue weighted by Crippen LogP contribution is -2.38. The number of carbonyl (C=O) groups is 2. The summed E-state index contributed by atoms with van der Waals surface area (Å²) < 4.78 is 71.4. The number of morpholine rings is 1. The summed E-state index contributed by atoms with van der Waals surface area (Å²) in [7, 11) is 0. The number of aryl methyl sites for hydroxylation is 2. The van der Waals surface area contributed by atoms with Gasteiger partial charge in [0.1, 0.15) is 11.8 Å². The predicted octanol–water partition coefficient (Wildman–Crippen LogP) is 5.25. The smallest absolute Gasteiger partial charge is 0.475 e. The van der Waals surface area contributed by atoms with Gasteiger partial charge in [0.25, 0.3) is 0 Å². The van der Waals surface area contributed by atoms with Crippen molar-refractivity contribution in [1.82, 2.24) is 24.7 Å². The van der Waals surface area contributed by atoms with Gasteiger partial charge < -0.3 is 14.9 Å². The van der Waals surface area contributed by atoms with Gasteiger partial charge in [0, 0.05) is 49.4 Å². The van der Waals surface area contributed by atoms with E-state index in [0.717, 1.165) is 42.0 Å². The average molecular weight is 628 g/mol. The fourth-order valence-electron chi connectivity index (χ4n) is 4.28. The lowest BCUT2D eigenvalue weighted by Gasteiger charge is -2.32. The molecule has 0 saturated carbocycles. The Labute approximate surface area is 246 Å². The van der Waals surface area contributed by atoms with Crippen LogP contribution in [-0.4, -0.2) is 78.9 Å². The molecule has 4 heterocycles. The Morgan fingerprint density at radius 1 is 0.955 bits per heavy atom. The minimum Gasteiger partial charge on any atom is -0.475 e. The molecule has 0 bridgehead atoms. The van der Waals surface area contributed by atoms with Crippen LogP contribution in [0.3, 0.4) is 0 Å². The first-order chi connectivity index (χ1) is 20.5. The van der Waals surface area contributed by atoms with Gasteiger partial charge in [-0.05, 0) is 31.5 Å². The van der Waals surface area contributed by atoms with Crippen LogP contribution in [0.2, 0.25) is 0 Å². The second-order valence-corrected chi connectivity index (χ2v) is 9.66. The second kappa shape index (κ2) is 14.3. The molecular formula is C28H27F6N5O5. The highest BCUT2D eigenvalue weighted by Crippen LogP contribution is 2.27. The Bertz CT molecular complexity index is 1530. The number of hydrogen-bond donors (Lipinski definition) is 2. The number of aliphatic carboxylic acids is 2. The summed E-state index contributed by atoms with van der Waals surface area (Å²) in [6.07, 6.45) is -4.61. The van der Waals surface area contributed by atoms with Crippen LogP contribution in [-0.2, 0) is 20.9 Å². The summed E-state index contributed by atoms with van der Waals surface area (Å²) in [4.78, 5) is 24.4. The predicted molar refractivity (Wildman–Crippen MR) is 143 cm³/mol. The van der Waals surface area contributed by atoms with E-state index in [2.05, 4.69) is 64.4 Å². The summed E-state index contributed by atoms with van der Waals surface area (Å²) in [5.74, 6) is -5.51. The van der Waals surface area contributed by atoms with Gasteiger partial charge in [-0.2, -0.15) is 26.3 Å². The number of hydrogen-bond acceptors (Lipinski definition) is 7. The van der Waals surface area contributed by atoms with E-state index in [1.807, 2.05) is 29.0 Å². The number of nitrogens with zero attached hydrogens (tertiary/aromatic N) is 5. The molecule has 10 nitrogen and oxygen atoms in total. The molecule has 4 aromatic rings. The lowest BCUT2D eigenvalue weighted by molar-refractivity contribution is -0.193. The van der Waals surface area contributed by atoms with Crippen LogP contribution in [0.4, 0.5) is 26.3 Å². The van der Waals surface area contributed by atoms with E-state index in [1.54, 1.807) is 6.20 Å². The molecule has 16 heteroatoms. The first-order valence-corrected chi connectivity index (χ1v) is 12.8. The quantitative estimate of drug-likeness (QED) is 0.292. The molecule has 44 heavy (non-hydrogen) atoms. The molecule has 1 saturated heterocycles. The lowest BCUT2D eigenvalue weighted by atomic mass is 10.1. The highest BCUT2D eigenvalue weighted by Gasteiger charge is 2.39. The summed E-state index contributed by atoms with van der Waals surface area (Å²) >= 11 is 0. The van der Waals surface area contributed by atoms with Crippen LogP contribution < -0.4 is 0 Å². The van der Waals surface area contributed by atoms with Crippen LogP contribution >= 0.6 is 0 Å². The maximum Gasteiger partial charge on any atom is 0.490 e. The molecule has 5 rings (SSSR count). The van der Waals surface area contributed by atoms with Gasteiger partial charge in [-0.1, -0.05) is 46.7 Å². The molecule has 236 valence electrons. The van der Waals surface area contributed by atoms with Crippen molar-refractivity contribution in [3.05, 3.63) is 83.4 Å². The number of rotatable bonds is 4. The standard InChI is InChI=1S/C24H25N5O.2C2HF3O2/c1-17-10-18(2)12-19(11-17)14-28-8-9-30-23(16-28)24-22-6-5-21(15-29(22)27-26-24)20-4-3-7-25-13-20;2*3-2(4,5)1(6)7/h3-7,10-13,15,23H,8-9,14,16H2,1-2H3;2*(H,6,7). The molecule has 1 fully saturated rings. The van der Waals surface area contributed by atoms with Crippen molar-refractivity contribution in [3.63, 3.8) is 0 Å². The van der Waals surface area contributed by atoms with Gasteiger partial charge in [0.2, 0.25) is 0 Å². The highest BCUT2D eigenvalue weighted by atomic mass is 19.4. The third-order valence-corrected chi connectivity index (χ3v) is 6.06. The maximum absolute atomic E-state index is 10.6. The number of halogens is 6. The largest absolute Gasteiger partial charge is 0.490 e. The number of alkyl halides is 6. The zero-order valence-corrected chi connectivity index (χ0v) is 23.3. The minimum atomic E-state index is -5.08. The Morgan fingerprint density at radius 3 is 2.11 bits per heavy atom. The van der Waals surface area contributed by atoms with Crippen molar-refractivity contribution < 1.29 is 50.9 Å². The van der Waals surface area contributed by atoms with Gasteiger partial charge in [-0.15, -0.1) is 5.10 Å². The van der Waals surface area contributed by atoms with Gasteiger partial charge in [-0.3, -0.25) is 9.88 Å². The van der Waals surface area contributed by atoms with Crippen LogP contribution in [0.25, 0.3) is 16.6 Å². The third kappa shape index (κ3) is 9.74. The minimum absolute atomic E-state index is 0.0774. The van der Waals surface area contributed by atoms with E-state index >= 15 is 0 Å². The molecule has 0 amide bonds. The van der Waals surface area contributed by atoms with Gasteiger partial charge in [-0.25, -0.2) is 14.1 Å². The molecule has 0 spiro atoms. The molecule has 0 aliphatic carbocycles. The van der Waals surface area contributed by atoms with E-state index in [1.165, 1.54) is 16.7 Å². The Morgan fingerprint density at radius 2 is 1.57 bits per heavy atom. The number of benzene rings is 1. The molecule has 3 aromatic heterocycles. The number of fused-ring (bicyclic) bond motifs is 1. The van der Waals surface area contributed by atoms with E-state index in [0.29, 0.717) is 6.61 Å². The topological polar surface area (TPSA) is 130 Å². The molecular weight excluding hydrogens is 600 g/mol. The third-order valence-electron chi connectivity index (χ3n) is 6.06. The normalized spacial score (nSPS) is 15.5. The van der Waals surface area contributed by atoms with Crippen LogP contribution in [0.5, 0.6) is 0 Å². The fourth-order valence-corrected chi connectivity index (χ4v) is 4.28. The van der Waals surface area contributed by atoms with E-state index < -0.39 is 24.3 Å². The Kier molecular flexibility index (Phi) is 11.0. The number of ether oxygens (including phenoxy) is 1. The molecule has 0 radical (unpaired) electrons. The Balaban J connectivity index is 0.000000317. The van der Waals surface area contributed by atoms with Crippen molar-refractivity contribution in [2.75, 3.05) is 19.7 Å². The van der Waals surface area contributed by atoms with Crippen molar-refractivity contribution >= 4 is 17.5 Å². The van der Waals surface area contributed by atoms with Crippen molar-refractivity contribution in [1.29, 1.82) is 0 Å². The summed E-state index contributed by atoms with van der Waals surface area (Å²) in [5, 5.41) is 23.1. The Hall–Kier alpha value is -4.57. The van der Waals surface area contributed by atoms with E-state index in [9.17, 15) is 26.3 Å². The zero-order valence-electron chi connectivity index (χ0n) is 23.3. The number of carboxylic acids is 2. The number of aromatic nitrogens is 4. The SMILES string of the molecule is Cc1cc(C)cc(CN2CCOC(c3nnn4cc(-c5cccnc5)ccc34)C2)c1.O=C(O)C(F)(F)F.O=C(O)C(F)(F)F. The molecule has 2 N–H and O–H groups in total. The van der Waals surface area contributed by atoms with Crippen LogP contribution in [0.15, 0.2) is 61.1 Å². The second-order valence-electron chi connectivity index (χ2n) is 9.66. The monoisotopic (exact) mass is 627 g/mol. The van der Waals surface area contributed by atoms with E-state index in [-0.39, 0.29) is 6.10 Å². The maximum atomic E-state index is 10.6. The fraction of sp³-hybridized carbons (Fsp3) is 0.321. The zero-order chi connectivity index (χ0) is 32.7. The molecule has 1 aliphatic heterocycles. The van der Waals surface area contributed by atoms with Crippen molar-refractivity contribution in [3.8, 4) is 11.1 Å². The van der Waals surface area contributed by atoms with Crippen molar-refractivity contribution in [2.45, 2.75) is 38.8 Å². The first kappa shape index (κ1) is 33.9. The molecule has 1 atom stereocenters. The van der Waals surface area contributed by atoms with Crippen molar-refractivity contribution in [2.24, 2.45) is 0 Å². The highest BCUT2D eigenvalue weighted by molar-refractivity contribution is 5.73. The van der Waals surface area contributed by atoms with Gasteiger partial charge in [0.15, 0.2) is 0 Å². The number of carboxylic acid groups (broad SMARTS) is 2. The van der Waals surface area contributed by atoms with E-state index in [4.69, 9.17) is 24.5 Å². The van der Waals surface area contributed by atoms with Gasteiger partial charge >= 0.3 is 24.3 Å². The number of pyridine rings is 2.